The van der Waals surface area contributed by atoms with Gasteiger partial charge in [0, 0.05) is 30.4 Å². The maximum atomic E-state index is 10.8. The lowest BCUT2D eigenvalue weighted by Gasteiger charge is -2.17. The molecule has 2 N–H and O–H groups in total. The average molecular weight is 299 g/mol. The number of hydrogen-bond donors (Lipinski definition) is 2. The van der Waals surface area contributed by atoms with Gasteiger partial charge in [0.05, 0.1) is 11.0 Å². The number of carbonyl (C=O) groups excluding carboxylic acids is 2. The van der Waals surface area contributed by atoms with Crippen LogP contribution >= 0.6 is 11.8 Å². The van der Waals surface area contributed by atoms with Crippen LogP contribution in [0.2, 0.25) is 0 Å². The van der Waals surface area contributed by atoms with Crippen molar-refractivity contribution in [3.8, 4) is 0 Å². The van der Waals surface area contributed by atoms with Crippen molar-refractivity contribution in [2.45, 2.75) is 19.1 Å². The number of benzene rings is 1. The Balaban J connectivity index is 2.99. The molecule has 1 aromatic carbocycles. The summed E-state index contributed by atoms with van der Waals surface area (Å²) in [5.74, 6) is -0.0460. The normalized spacial score (nSPS) is 13.6. The van der Waals surface area contributed by atoms with Crippen LogP contribution in [0.4, 0.5) is 5.69 Å². The van der Waals surface area contributed by atoms with Crippen LogP contribution in [-0.2, 0) is 4.79 Å². The summed E-state index contributed by atoms with van der Waals surface area (Å²) in [4.78, 5) is 31.5. The Labute approximate surface area is 118 Å². The molecular weight excluding hydrogens is 286 g/mol. The molecule has 0 aliphatic rings. The highest BCUT2D eigenvalue weighted by Crippen LogP contribution is 2.25. The predicted molar refractivity (Wildman–Crippen MR) is 72.6 cm³/mol. The molecule has 0 fully saturated rings. The summed E-state index contributed by atoms with van der Waals surface area (Å²) in [6.45, 7) is 1.32. The van der Waals surface area contributed by atoms with E-state index < -0.39 is 17.1 Å². The molecule has 7 nitrogen and oxygen atoms in total. The predicted octanol–water partition coefficient (Wildman–Crippen LogP) is 1.08. The topological polar surface area (TPSA) is 118 Å². The van der Waals surface area contributed by atoms with Crippen LogP contribution in [0.3, 0.4) is 0 Å². The van der Waals surface area contributed by atoms with E-state index >= 15 is 0 Å². The Morgan fingerprint density at radius 2 is 2.10 bits per heavy atom. The van der Waals surface area contributed by atoms with E-state index in [1.54, 1.807) is 0 Å². The number of thioether (sulfide) groups is 1. The first kappa shape index (κ1) is 16.3. The lowest BCUT2D eigenvalue weighted by molar-refractivity contribution is -0.385. The molecule has 0 aliphatic heterocycles. The van der Waals surface area contributed by atoms with E-state index in [-0.39, 0.29) is 27.7 Å². The number of carbonyl (C=O) groups is 2. The van der Waals surface area contributed by atoms with E-state index in [0.717, 1.165) is 23.9 Å². The molecule has 20 heavy (non-hydrogen) atoms. The molecule has 0 aromatic heterocycles. The first-order valence-corrected chi connectivity index (χ1v) is 6.57. The van der Waals surface area contributed by atoms with E-state index in [2.05, 4.69) is 0 Å². The molecule has 0 bridgehead atoms. The highest BCUT2D eigenvalue weighted by Gasteiger charge is 2.22. The van der Waals surface area contributed by atoms with Gasteiger partial charge >= 0.3 is 0 Å². The summed E-state index contributed by atoms with van der Waals surface area (Å²) in [5.41, 5.74) is -0.271. The zero-order valence-corrected chi connectivity index (χ0v) is 11.4. The molecule has 0 aliphatic carbocycles. The van der Waals surface area contributed by atoms with Crippen LogP contribution in [0.5, 0.6) is 0 Å². The van der Waals surface area contributed by atoms with Gasteiger partial charge in [0.25, 0.3) is 5.69 Å². The van der Waals surface area contributed by atoms with Gasteiger partial charge in [-0.3, -0.25) is 19.7 Å². The molecule has 1 aromatic rings. The molecule has 0 saturated carbocycles. The fourth-order valence-corrected chi connectivity index (χ4v) is 2.11. The van der Waals surface area contributed by atoms with Crippen molar-refractivity contribution in [3.63, 3.8) is 0 Å². The van der Waals surface area contributed by atoms with Crippen LogP contribution in [0.1, 0.15) is 28.9 Å². The van der Waals surface area contributed by atoms with Crippen molar-refractivity contribution >= 4 is 28.9 Å². The molecule has 2 atom stereocenters. The van der Waals surface area contributed by atoms with E-state index in [1.807, 2.05) is 0 Å². The van der Waals surface area contributed by atoms with Crippen molar-refractivity contribution in [1.29, 1.82) is 0 Å². The van der Waals surface area contributed by atoms with Gasteiger partial charge in [-0.25, -0.2) is 0 Å². The van der Waals surface area contributed by atoms with Crippen molar-refractivity contribution in [2.75, 3.05) is 5.75 Å². The lowest BCUT2D eigenvalue weighted by atomic mass is 10.0. The van der Waals surface area contributed by atoms with Gasteiger partial charge in [0.2, 0.25) is 0 Å². The molecule has 8 heteroatoms. The maximum absolute atomic E-state index is 10.8. The lowest BCUT2D eigenvalue weighted by Crippen LogP contribution is -2.21. The van der Waals surface area contributed by atoms with Crippen LogP contribution in [0.25, 0.3) is 0 Å². The van der Waals surface area contributed by atoms with E-state index in [9.17, 15) is 29.9 Å². The van der Waals surface area contributed by atoms with Crippen LogP contribution in [0.15, 0.2) is 18.2 Å². The second-order valence-electron chi connectivity index (χ2n) is 4.05. The molecule has 108 valence electrons. The number of nitro groups is 1. The van der Waals surface area contributed by atoms with Crippen LogP contribution in [0, 0.1) is 10.1 Å². The van der Waals surface area contributed by atoms with Crippen molar-refractivity contribution < 1.29 is 24.7 Å². The third kappa shape index (κ3) is 4.41. The zero-order valence-electron chi connectivity index (χ0n) is 10.6. The van der Waals surface area contributed by atoms with E-state index in [1.165, 1.54) is 13.0 Å². The van der Waals surface area contributed by atoms with E-state index in [0.29, 0.717) is 6.29 Å². The first-order valence-electron chi connectivity index (χ1n) is 5.59. The Hall–Kier alpha value is -1.77. The second kappa shape index (κ2) is 7.13. The number of aliphatic hydroxyl groups excluding tert-OH is 2. The smallest absolute Gasteiger partial charge is 0.270 e. The van der Waals surface area contributed by atoms with Gasteiger partial charge in [-0.15, -0.1) is 0 Å². The van der Waals surface area contributed by atoms with E-state index in [4.69, 9.17) is 0 Å². The summed E-state index contributed by atoms with van der Waals surface area (Å²) in [5, 5.41) is 30.2. The quantitative estimate of drug-likeness (QED) is 0.458. The van der Waals surface area contributed by atoms with Gasteiger partial charge in [-0.2, -0.15) is 0 Å². The van der Waals surface area contributed by atoms with Gasteiger partial charge in [0.1, 0.15) is 12.4 Å². The van der Waals surface area contributed by atoms with Gasteiger partial charge in [0.15, 0.2) is 5.12 Å². The molecule has 0 amide bonds. The molecule has 2 unspecified atom stereocenters. The minimum Gasteiger partial charge on any atom is -0.389 e. The molecule has 0 saturated heterocycles. The maximum Gasteiger partial charge on any atom is 0.270 e. The highest BCUT2D eigenvalue weighted by atomic mass is 32.2. The highest BCUT2D eigenvalue weighted by molar-refractivity contribution is 8.13. The van der Waals surface area contributed by atoms with Crippen molar-refractivity contribution in [3.05, 3.63) is 39.4 Å². The Morgan fingerprint density at radius 3 is 2.60 bits per heavy atom. The van der Waals surface area contributed by atoms with Gasteiger partial charge in [-0.1, -0.05) is 11.8 Å². The molecule has 0 heterocycles. The number of aldehydes is 1. The summed E-state index contributed by atoms with van der Waals surface area (Å²) in [6, 6.07) is 3.41. The van der Waals surface area contributed by atoms with Crippen LogP contribution < -0.4 is 0 Å². The third-order valence-electron chi connectivity index (χ3n) is 2.47. The standard InChI is InChI=1S/C12H13NO6S/c1-7(15)20-6-11(16)12(17)9-2-8(5-14)3-10(4-9)13(18)19/h2-5,11-12,16-17H,6H2,1H3. The summed E-state index contributed by atoms with van der Waals surface area (Å²) in [7, 11) is 0. The molecular formula is C12H13NO6S. The molecule has 0 spiro atoms. The summed E-state index contributed by atoms with van der Waals surface area (Å²) >= 11 is 0.831. The SMILES string of the molecule is CC(=O)SCC(O)C(O)c1cc(C=O)cc([N+](=O)[O-])c1. The van der Waals surface area contributed by atoms with Gasteiger partial charge < -0.3 is 10.2 Å². The third-order valence-corrected chi connectivity index (χ3v) is 3.39. The fourth-order valence-electron chi connectivity index (χ4n) is 1.52. The number of hydrogen-bond acceptors (Lipinski definition) is 7. The largest absolute Gasteiger partial charge is 0.389 e. The minimum atomic E-state index is -1.42. The zero-order chi connectivity index (χ0) is 15.3. The molecule has 1 rings (SSSR count). The van der Waals surface area contributed by atoms with Crippen LogP contribution in [-0.4, -0.2) is 38.4 Å². The first-order chi connectivity index (χ1) is 9.35. The fraction of sp³-hybridized carbons (Fsp3) is 0.333. The Morgan fingerprint density at radius 1 is 1.45 bits per heavy atom. The Bertz CT molecular complexity index is 533. The average Bonchev–Trinajstić information content (AvgIpc) is 2.43. The number of nitro benzene ring substituents is 1. The number of non-ortho nitro benzene ring substituents is 1. The Kier molecular flexibility index (Phi) is 5.81. The summed E-state index contributed by atoms with van der Waals surface area (Å²) in [6.07, 6.45) is -2.27. The van der Waals surface area contributed by atoms with Gasteiger partial charge in [-0.05, 0) is 11.6 Å². The monoisotopic (exact) mass is 299 g/mol. The number of aliphatic hydroxyl groups is 2. The van der Waals surface area contributed by atoms with Crippen molar-refractivity contribution in [2.24, 2.45) is 0 Å². The minimum absolute atomic E-state index is 0.0275. The number of nitrogens with zero attached hydrogens (tertiary/aromatic N) is 1. The second-order valence-corrected chi connectivity index (χ2v) is 5.24. The number of rotatable bonds is 6. The molecule has 0 radical (unpaired) electrons. The summed E-state index contributed by atoms with van der Waals surface area (Å²) < 4.78 is 0. The van der Waals surface area contributed by atoms with Crippen molar-refractivity contribution in [1.82, 2.24) is 0 Å².